The first-order chi connectivity index (χ1) is 7.09. The van der Waals surface area contributed by atoms with Gasteiger partial charge in [-0.1, -0.05) is 6.42 Å². The van der Waals surface area contributed by atoms with Gasteiger partial charge in [-0.25, -0.2) is 0 Å². The summed E-state index contributed by atoms with van der Waals surface area (Å²) in [7, 11) is -0.766. The molecule has 88 valence electrons. The summed E-state index contributed by atoms with van der Waals surface area (Å²) in [5, 5.41) is 12.2. The van der Waals surface area contributed by atoms with Gasteiger partial charge < -0.3 is 10.4 Å². The van der Waals surface area contributed by atoms with E-state index in [1.165, 1.54) is 0 Å². The summed E-state index contributed by atoms with van der Waals surface area (Å²) >= 11 is 0. The number of nitrogens with one attached hydrogen (secondary N) is 1. The molecule has 1 saturated carbocycles. The van der Waals surface area contributed by atoms with Crippen LogP contribution in [0.25, 0.3) is 0 Å². The van der Waals surface area contributed by atoms with Crippen molar-refractivity contribution in [1.29, 1.82) is 0 Å². The zero-order chi connectivity index (χ0) is 11.3. The molecule has 4 nitrogen and oxygen atoms in total. The maximum atomic E-state index is 10.8. The maximum Gasteiger partial charge on any atom is 0.306 e. The molecule has 0 aromatic carbocycles. The molecule has 0 aliphatic heterocycles. The molecule has 0 saturated heterocycles. The van der Waals surface area contributed by atoms with Crippen molar-refractivity contribution in [3.8, 4) is 0 Å². The zero-order valence-corrected chi connectivity index (χ0v) is 9.89. The van der Waals surface area contributed by atoms with E-state index in [9.17, 15) is 9.00 Å². The minimum atomic E-state index is -0.766. The Morgan fingerprint density at radius 3 is 2.87 bits per heavy atom. The van der Waals surface area contributed by atoms with Crippen LogP contribution in [0.1, 0.15) is 25.7 Å². The molecule has 1 aliphatic rings. The molecule has 0 aromatic heterocycles. The Hall–Kier alpha value is -0.420. The molecule has 1 aliphatic carbocycles. The average Bonchev–Trinajstić information content (AvgIpc) is 2.17. The molecule has 0 aromatic rings. The van der Waals surface area contributed by atoms with Crippen molar-refractivity contribution in [2.24, 2.45) is 5.92 Å². The van der Waals surface area contributed by atoms with Crippen LogP contribution in [0.3, 0.4) is 0 Å². The van der Waals surface area contributed by atoms with Gasteiger partial charge in [0.25, 0.3) is 0 Å². The van der Waals surface area contributed by atoms with Gasteiger partial charge in [-0.05, 0) is 19.3 Å². The lowest BCUT2D eigenvalue weighted by Gasteiger charge is -2.27. The smallest absolute Gasteiger partial charge is 0.306 e. The topological polar surface area (TPSA) is 66.4 Å². The van der Waals surface area contributed by atoms with Gasteiger partial charge in [-0.3, -0.25) is 9.00 Å². The van der Waals surface area contributed by atoms with Crippen molar-refractivity contribution in [3.05, 3.63) is 0 Å². The minimum Gasteiger partial charge on any atom is -0.481 e. The van der Waals surface area contributed by atoms with Crippen LogP contribution in [0.2, 0.25) is 0 Å². The predicted octanol–water partition coefficient (Wildman–Crippen LogP) is 0.598. The fourth-order valence-electron chi connectivity index (χ4n) is 2.01. The van der Waals surface area contributed by atoms with E-state index in [1.807, 2.05) is 0 Å². The van der Waals surface area contributed by atoms with Crippen molar-refractivity contribution >= 4 is 16.8 Å². The first-order valence-corrected chi connectivity index (χ1v) is 7.08. The molecule has 1 fully saturated rings. The van der Waals surface area contributed by atoms with Gasteiger partial charge in [0, 0.05) is 35.4 Å². The van der Waals surface area contributed by atoms with Crippen molar-refractivity contribution in [1.82, 2.24) is 5.32 Å². The highest BCUT2D eigenvalue weighted by atomic mass is 32.2. The van der Waals surface area contributed by atoms with Gasteiger partial charge in [-0.2, -0.15) is 0 Å². The lowest BCUT2D eigenvalue weighted by Crippen LogP contribution is -2.38. The molecular weight excluding hydrogens is 214 g/mol. The van der Waals surface area contributed by atoms with Crippen LogP contribution < -0.4 is 5.32 Å². The van der Waals surface area contributed by atoms with Crippen LogP contribution in [0.4, 0.5) is 0 Å². The van der Waals surface area contributed by atoms with Gasteiger partial charge in [0.1, 0.15) is 0 Å². The van der Waals surface area contributed by atoms with Gasteiger partial charge in [-0.15, -0.1) is 0 Å². The number of hydrogen-bond acceptors (Lipinski definition) is 3. The van der Waals surface area contributed by atoms with Crippen molar-refractivity contribution < 1.29 is 14.1 Å². The summed E-state index contributed by atoms with van der Waals surface area (Å²) in [6, 6.07) is 0.295. The number of carboxylic acid groups (broad SMARTS) is 1. The van der Waals surface area contributed by atoms with Crippen molar-refractivity contribution in [2.75, 3.05) is 18.6 Å². The Kier molecular flexibility index (Phi) is 5.25. The monoisotopic (exact) mass is 233 g/mol. The Balaban J connectivity index is 2.24. The molecule has 3 atom stereocenters. The Bertz CT molecular complexity index is 245. The lowest BCUT2D eigenvalue weighted by atomic mass is 9.86. The average molecular weight is 233 g/mol. The van der Waals surface area contributed by atoms with E-state index in [-0.39, 0.29) is 5.92 Å². The quantitative estimate of drug-likeness (QED) is 0.729. The standard InChI is InChI=1S/C10H19NO3S/c1-15(14)6-5-11-9-4-2-3-8(7-9)10(12)13/h8-9,11H,2-7H2,1H3,(H,12,13). The largest absolute Gasteiger partial charge is 0.481 e. The summed E-state index contributed by atoms with van der Waals surface area (Å²) in [6.45, 7) is 0.722. The maximum absolute atomic E-state index is 10.8. The molecule has 3 unspecified atom stereocenters. The Labute approximate surface area is 92.9 Å². The molecule has 0 radical (unpaired) electrons. The van der Waals surface area contributed by atoms with Crippen LogP contribution in [0.15, 0.2) is 0 Å². The van der Waals surface area contributed by atoms with Crippen molar-refractivity contribution in [2.45, 2.75) is 31.7 Å². The normalized spacial score (nSPS) is 28.6. The molecule has 0 amide bonds. The highest BCUT2D eigenvalue weighted by Crippen LogP contribution is 2.24. The third-order valence-corrected chi connectivity index (χ3v) is 3.63. The predicted molar refractivity (Wildman–Crippen MR) is 60.3 cm³/mol. The van der Waals surface area contributed by atoms with E-state index in [4.69, 9.17) is 5.11 Å². The second-order valence-corrected chi connectivity index (χ2v) is 5.68. The second kappa shape index (κ2) is 6.23. The summed E-state index contributed by atoms with van der Waals surface area (Å²) in [5.74, 6) is -0.224. The molecule has 5 heteroatoms. The number of carboxylic acids is 1. The Morgan fingerprint density at radius 2 is 2.27 bits per heavy atom. The first-order valence-electron chi connectivity index (χ1n) is 5.36. The summed E-state index contributed by atoms with van der Waals surface area (Å²) in [6.07, 6.45) is 5.21. The first kappa shape index (κ1) is 12.6. The van der Waals surface area contributed by atoms with E-state index in [0.29, 0.717) is 18.2 Å². The van der Waals surface area contributed by atoms with Crippen LogP contribution in [0.5, 0.6) is 0 Å². The highest BCUT2D eigenvalue weighted by Gasteiger charge is 2.26. The highest BCUT2D eigenvalue weighted by molar-refractivity contribution is 7.84. The molecule has 0 heterocycles. The lowest BCUT2D eigenvalue weighted by molar-refractivity contribution is -0.143. The summed E-state index contributed by atoms with van der Waals surface area (Å²) < 4.78 is 10.8. The third-order valence-electron chi connectivity index (χ3n) is 2.85. The zero-order valence-electron chi connectivity index (χ0n) is 9.07. The van der Waals surface area contributed by atoms with Crippen LogP contribution in [0, 0.1) is 5.92 Å². The molecule has 1 rings (SSSR count). The molecule has 0 bridgehead atoms. The van der Waals surface area contributed by atoms with E-state index < -0.39 is 16.8 Å². The van der Waals surface area contributed by atoms with Crippen LogP contribution in [-0.4, -0.2) is 39.9 Å². The minimum absolute atomic E-state index is 0.191. The number of rotatable bonds is 5. The second-order valence-electron chi connectivity index (χ2n) is 4.13. The van der Waals surface area contributed by atoms with E-state index in [2.05, 4.69) is 5.32 Å². The third kappa shape index (κ3) is 4.75. The summed E-state index contributed by atoms with van der Waals surface area (Å²) in [4.78, 5) is 10.8. The van der Waals surface area contributed by atoms with E-state index >= 15 is 0 Å². The molecule has 0 spiro atoms. The summed E-state index contributed by atoms with van der Waals surface area (Å²) in [5.41, 5.74) is 0. The number of aliphatic carboxylic acids is 1. The fraction of sp³-hybridized carbons (Fsp3) is 0.900. The van der Waals surface area contributed by atoms with Gasteiger partial charge in [0.15, 0.2) is 0 Å². The molecule has 15 heavy (non-hydrogen) atoms. The van der Waals surface area contributed by atoms with Crippen molar-refractivity contribution in [3.63, 3.8) is 0 Å². The number of carbonyl (C=O) groups is 1. The van der Waals surface area contributed by atoms with Gasteiger partial charge in [0.2, 0.25) is 0 Å². The molecule has 2 N–H and O–H groups in total. The SMILES string of the molecule is CS(=O)CCNC1CCCC(C(=O)O)C1. The van der Waals surface area contributed by atoms with Gasteiger partial charge >= 0.3 is 5.97 Å². The van der Waals surface area contributed by atoms with E-state index in [1.54, 1.807) is 6.26 Å². The fourth-order valence-corrected chi connectivity index (χ4v) is 2.41. The van der Waals surface area contributed by atoms with Gasteiger partial charge in [0.05, 0.1) is 5.92 Å². The molecular formula is C10H19NO3S. The van der Waals surface area contributed by atoms with Crippen LogP contribution >= 0.6 is 0 Å². The number of hydrogen-bond donors (Lipinski definition) is 2. The Morgan fingerprint density at radius 1 is 1.53 bits per heavy atom. The van der Waals surface area contributed by atoms with E-state index in [0.717, 1.165) is 25.8 Å². The van der Waals surface area contributed by atoms with Crippen LogP contribution in [-0.2, 0) is 15.6 Å².